The molecule has 3 nitrogen and oxygen atoms in total. The molecule has 1 atom stereocenters. The highest BCUT2D eigenvalue weighted by Gasteiger charge is 2.13. The standard InChI is InChI=1S/C17H17NO2S/c19-11-16(17-7-4-8-20-17)18-10-15-9-14(12-21-15)13-5-2-1-3-6-13/h1-9,12,16,18-19H,10-11H2. The summed E-state index contributed by atoms with van der Waals surface area (Å²) in [6.45, 7) is 0.730. The first-order chi connectivity index (χ1) is 10.4. The van der Waals surface area contributed by atoms with Gasteiger partial charge in [0.2, 0.25) is 0 Å². The third-order valence-corrected chi connectivity index (χ3v) is 4.29. The van der Waals surface area contributed by atoms with Crippen LogP contribution in [0.1, 0.15) is 16.7 Å². The normalized spacial score (nSPS) is 12.4. The number of rotatable bonds is 6. The first-order valence-corrected chi connectivity index (χ1v) is 7.75. The van der Waals surface area contributed by atoms with Gasteiger partial charge in [-0.3, -0.25) is 0 Å². The van der Waals surface area contributed by atoms with Crippen molar-refractivity contribution in [3.8, 4) is 11.1 Å². The molecule has 0 saturated heterocycles. The van der Waals surface area contributed by atoms with Gasteiger partial charge in [-0.2, -0.15) is 0 Å². The molecule has 0 amide bonds. The summed E-state index contributed by atoms with van der Waals surface area (Å²) in [6.07, 6.45) is 1.62. The Morgan fingerprint density at radius 3 is 2.67 bits per heavy atom. The molecule has 0 saturated carbocycles. The summed E-state index contributed by atoms with van der Waals surface area (Å²) in [5.74, 6) is 0.761. The lowest BCUT2D eigenvalue weighted by atomic mass is 10.1. The summed E-state index contributed by atoms with van der Waals surface area (Å²) in [6, 6.07) is 16.1. The fraction of sp³-hybridized carbons (Fsp3) is 0.176. The SMILES string of the molecule is OCC(NCc1cc(-c2ccccc2)cs1)c1ccco1. The fourth-order valence-electron chi connectivity index (χ4n) is 2.22. The first kappa shape index (κ1) is 14.1. The van der Waals surface area contributed by atoms with Gasteiger partial charge >= 0.3 is 0 Å². The van der Waals surface area contributed by atoms with Crippen LogP contribution in [0.25, 0.3) is 11.1 Å². The molecule has 0 bridgehead atoms. The zero-order chi connectivity index (χ0) is 14.5. The van der Waals surface area contributed by atoms with E-state index in [2.05, 4.69) is 28.9 Å². The van der Waals surface area contributed by atoms with Gasteiger partial charge in [0.05, 0.1) is 18.9 Å². The third kappa shape index (κ3) is 3.42. The molecule has 0 aliphatic heterocycles. The van der Waals surface area contributed by atoms with Crippen molar-refractivity contribution in [2.45, 2.75) is 12.6 Å². The topological polar surface area (TPSA) is 45.4 Å². The average Bonchev–Trinajstić information content (AvgIpc) is 3.20. The first-order valence-electron chi connectivity index (χ1n) is 6.87. The summed E-state index contributed by atoms with van der Waals surface area (Å²) < 4.78 is 5.33. The van der Waals surface area contributed by atoms with Gasteiger partial charge in [-0.1, -0.05) is 30.3 Å². The molecule has 108 valence electrons. The second-order valence-electron chi connectivity index (χ2n) is 4.80. The average molecular weight is 299 g/mol. The van der Waals surface area contributed by atoms with Gasteiger partial charge in [0.15, 0.2) is 0 Å². The molecular weight excluding hydrogens is 282 g/mol. The fourth-order valence-corrected chi connectivity index (χ4v) is 3.07. The minimum absolute atomic E-state index is 0.0183. The summed E-state index contributed by atoms with van der Waals surface area (Å²) in [5, 5.41) is 14.9. The van der Waals surface area contributed by atoms with Gasteiger partial charge in [-0.05, 0) is 34.7 Å². The highest BCUT2D eigenvalue weighted by molar-refractivity contribution is 7.10. The maximum atomic E-state index is 9.44. The Hall–Kier alpha value is -1.88. The van der Waals surface area contributed by atoms with Gasteiger partial charge in [0.1, 0.15) is 5.76 Å². The van der Waals surface area contributed by atoms with Crippen LogP contribution in [0.4, 0.5) is 0 Å². The number of nitrogens with one attached hydrogen (secondary N) is 1. The minimum Gasteiger partial charge on any atom is -0.468 e. The predicted molar refractivity (Wildman–Crippen MR) is 85.1 cm³/mol. The molecule has 2 aromatic heterocycles. The van der Waals surface area contributed by atoms with Crippen LogP contribution in [-0.2, 0) is 6.54 Å². The van der Waals surface area contributed by atoms with E-state index in [4.69, 9.17) is 4.42 Å². The minimum atomic E-state index is -0.165. The molecule has 1 unspecified atom stereocenters. The molecule has 2 N–H and O–H groups in total. The van der Waals surface area contributed by atoms with Crippen molar-refractivity contribution in [2.24, 2.45) is 0 Å². The molecule has 21 heavy (non-hydrogen) atoms. The molecule has 4 heteroatoms. The largest absolute Gasteiger partial charge is 0.468 e. The van der Waals surface area contributed by atoms with Gasteiger partial charge in [0, 0.05) is 11.4 Å². The van der Waals surface area contributed by atoms with Gasteiger partial charge in [-0.25, -0.2) is 0 Å². The maximum absolute atomic E-state index is 9.44. The van der Waals surface area contributed by atoms with E-state index in [0.29, 0.717) is 6.54 Å². The van der Waals surface area contributed by atoms with E-state index in [1.807, 2.05) is 30.3 Å². The lowest BCUT2D eigenvalue weighted by Gasteiger charge is -2.12. The van der Waals surface area contributed by atoms with Crippen molar-refractivity contribution < 1.29 is 9.52 Å². The van der Waals surface area contributed by atoms with Gasteiger partial charge in [-0.15, -0.1) is 11.3 Å². The van der Waals surface area contributed by atoms with Crippen LogP contribution in [-0.4, -0.2) is 11.7 Å². The molecule has 0 spiro atoms. The van der Waals surface area contributed by atoms with Crippen molar-refractivity contribution in [1.82, 2.24) is 5.32 Å². The van der Waals surface area contributed by atoms with E-state index in [1.165, 1.54) is 16.0 Å². The number of furan rings is 1. The number of thiophene rings is 1. The lowest BCUT2D eigenvalue weighted by molar-refractivity contribution is 0.226. The van der Waals surface area contributed by atoms with Crippen molar-refractivity contribution in [3.05, 3.63) is 70.8 Å². The van der Waals surface area contributed by atoms with Crippen LogP contribution in [0.2, 0.25) is 0 Å². The second-order valence-corrected chi connectivity index (χ2v) is 5.79. The van der Waals surface area contributed by atoms with Crippen molar-refractivity contribution in [3.63, 3.8) is 0 Å². The van der Waals surface area contributed by atoms with Crippen LogP contribution in [0.15, 0.2) is 64.6 Å². The Morgan fingerprint density at radius 1 is 1.10 bits per heavy atom. The quantitative estimate of drug-likeness (QED) is 0.727. The van der Waals surface area contributed by atoms with Crippen LogP contribution in [0, 0.1) is 0 Å². The number of benzene rings is 1. The maximum Gasteiger partial charge on any atom is 0.123 e. The van der Waals surface area contributed by atoms with E-state index in [1.54, 1.807) is 17.6 Å². The molecular formula is C17H17NO2S. The number of aliphatic hydroxyl groups is 1. The summed E-state index contributed by atoms with van der Waals surface area (Å²) in [5.41, 5.74) is 2.46. The summed E-state index contributed by atoms with van der Waals surface area (Å²) >= 11 is 1.72. The van der Waals surface area contributed by atoms with Gasteiger partial charge in [0.25, 0.3) is 0 Å². The van der Waals surface area contributed by atoms with Crippen molar-refractivity contribution in [2.75, 3.05) is 6.61 Å². The third-order valence-electron chi connectivity index (χ3n) is 3.35. The van der Waals surface area contributed by atoms with Crippen LogP contribution in [0.3, 0.4) is 0 Å². The van der Waals surface area contributed by atoms with E-state index in [-0.39, 0.29) is 12.6 Å². The van der Waals surface area contributed by atoms with Gasteiger partial charge < -0.3 is 14.8 Å². The lowest BCUT2D eigenvalue weighted by Crippen LogP contribution is -2.23. The molecule has 2 heterocycles. The van der Waals surface area contributed by atoms with Crippen LogP contribution in [0.5, 0.6) is 0 Å². The Morgan fingerprint density at radius 2 is 1.95 bits per heavy atom. The molecule has 0 aliphatic carbocycles. The Labute approximate surface area is 127 Å². The number of aliphatic hydroxyl groups excluding tert-OH is 1. The highest BCUT2D eigenvalue weighted by Crippen LogP contribution is 2.25. The van der Waals surface area contributed by atoms with Crippen LogP contribution < -0.4 is 5.32 Å². The number of hydrogen-bond acceptors (Lipinski definition) is 4. The van der Waals surface area contributed by atoms with Crippen LogP contribution >= 0.6 is 11.3 Å². The van der Waals surface area contributed by atoms with Crippen molar-refractivity contribution in [1.29, 1.82) is 0 Å². The zero-order valence-electron chi connectivity index (χ0n) is 11.5. The Kier molecular flexibility index (Phi) is 4.50. The molecule has 0 radical (unpaired) electrons. The zero-order valence-corrected chi connectivity index (χ0v) is 12.3. The summed E-state index contributed by atoms with van der Waals surface area (Å²) in [4.78, 5) is 1.24. The Bertz CT molecular complexity index is 661. The molecule has 3 rings (SSSR count). The second kappa shape index (κ2) is 6.72. The Balaban J connectivity index is 1.65. The van der Waals surface area contributed by atoms with E-state index in [0.717, 1.165) is 5.76 Å². The molecule has 3 aromatic rings. The van der Waals surface area contributed by atoms with E-state index < -0.39 is 0 Å². The molecule has 0 aliphatic rings. The molecule has 1 aromatic carbocycles. The molecule has 0 fully saturated rings. The predicted octanol–water partition coefficient (Wildman–Crippen LogP) is 3.83. The van der Waals surface area contributed by atoms with E-state index in [9.17, 15) is 5.11 Å². The number of hydrogen-bond donors (Lipinski definition) is 2. The van der Waals surface area contributed by atoms with Crippen molar-refractivity contribution >= 4 is 11.3 Å². The monoisotopic (exact) mass is 299 g/mol. The summed E-state index contributed by atoms with van der Waals surface area (Å²) in [7, 11) is 0. The smallest absolute Gasteiger partial charge is 0.123 e. The van der Waals surface area contributed by atoms with E-state index >= 15 is 0 Å². The highest BCUT2D eigenvalue weighted by atomic mass is 32.1.